The SMILES string of the molecule is CC(=O)C1C(=O)C(C(C)C)[C@@]2(C)[C@H](O)[C@]3(C)C(C(=O)c4c(O)c(C)cc(C)c4[C@H]3C)C(=O)[C@@]2(O)C1=O. The Kier molecular flexibility index (Phi) is 5.60. The lowest BCUT2D eigenvalue weighted by atomic mass is 9.37. The molecule has 8 nitrogen and oxygen atoms in total. The molecule has 194 valence electrons. The number of aromatic hydroxyl groups is 1. The molecule has 1 aromatic carbocycles. The molecule has 0 aliphatic heterocycles. The van der Waals surface area contributed by atoms with Crippen molar-refractivity contribution in [2.45, 2.75) is 73.0 Å². The van der Waals surface area contributed by atoms with Gasteiger partial charge in [-0.05, 0) is 49.3 Å². The molecule has 0 heterocycles. The lowest BCUT2D eigenvalue weighted by Gasteiger charge is -2.65. The van der Waals surface area contributed by atoms with Crippen LogP contribution in [0.3, 0.4) is 0 Å². The molecule has 0 radical (unpaired) electrons. The number of benzene rings is 1. The maximum Gasteiger partial charge on any atom is 0.191 e. The van der Waals surface area contributed by atoms with Crippen LogP contribution in [-0.2, 0) is 19.2 Å². The molecule has 4 rings (SSSR count). The van der Waals surface area contributed by atoms with Crippen LogP contribution in [0.1, 0.15) is 74.5 Å². The first-order valence-electron chi connectivity index (χ1n) is 12.3. The second kappa shape index (κ2) is 7.65. The molecule has 2 fully saturated rings. The van der Waals surface area contributed by atoms with E-state index in [-0.39, 0.29) is 11.3 Å². The predicted molar refractivity (Wildman–Crippen MR) is 129 cm³/mol. The van der Waals surface area contributed by atoms with Crippen molar-refractivity contribution < 1.29 is 39.3 Å². The van der Waals surface area contributed by atoms with Crippen LogP contribution < -0.4 is 0 Å². The highest BCUT2D eigenvalue weighted by molar-refractivity contribution is 6.33. The highest BCUT2D eigenvalue weighted by atomic mass is 16.3. The molecule has 0 spiro atoms. The van der Waals surface area contributed by atoms with Crippen LogP contribution in [0, 0.1) is 48.3 Å². The van der Waals surface area contributed by atoms with Gasteiger partial charge < -0.3 is 15.3 Å². The fourth-order valence-corrected chi connectivity index (χ4v) is 7.90. The third-order valence-electron chi connectivity index (χ3n) is 9.72. The van der Waals surface area contributed by atoms with Crippen molar-refractivity contribution in [2.24, 2.45) is 34.5 Å². The van der Waals surface area contributed by atoms with Crippen LogP contribution >= 0.6 is 0 Å². The van der Waals surface area contributed by atoms with Gasteiger partial charge in [0.25, 0.3) is 0 Å². The Bertz CT molecular complexity index is 1260. The zero-order chi connectivity index (χ0) is 27.4. The number of hydrogen-bond donors (Lipinski definition) is 3. The Morgan fingerprint density at radius 1 is 1.03 bits per heavy atom. The lowest BCUT2D eigenvalue weighted by molar-refractivity contribution is -0.240. The Balaban J connectivity index is 2.10. The van der Waals surface area contributed by atoms with E-state index in [1.165, 1.54) is 6.92 Å². The average molecular weight is 499 g/mol. The summed E-state index contributed by atoms with van der Waals surface area (Å²) in [5.41, 5.74) is -4.89. The largest absolute Gasteiger partial charge is 0.507 e. The van der Waals surface area contributed by atoms with E-state index in [2.05, 4.69) is 0 Å². The summed E-state index contributed by atoms with van der Waals surface area (Å²) in [7, 11) is 0. The first kappa shape index (κ1) is 26.4. The molecule has 3 aliphatic carbocycles. The van der Waals surface area contributed by atoms with Crippen molar-refractivity contribution in [2.75, 3.05) is 0 Å². The standard InChI is InChI=1S/C28H34O8/c1-10(2)18-21(31)16(14(6)29)23(33)28(36)24(34)19-22(32)17-15(11(3)9-12(4)20(17)30)13(5)26(19,7)25(35)27(18,28)8/h9-10,13,16,18-19,25,30,35-36H,1-8H3/t13-,16?,18?,19?,25-,26+,27+,28+/m1/s1. The second-order valence-electron chi connectivity index (χ2n) is 11.8. The van der Waals surface area contributed by atoms with Gasteiger partial charge in [0, 0.05) is 16.7 Å². The first-order valence-corrected chi connectivity index (χ1v) is 12.3. The van der Waals surface area contributed by atoms with Gasteiger partial charge in [0.1, 0.15) is 17.5 Å². The van der Waals surface area contributed by atoms with E-state index >= 15 is 0 Å². The predicted octanol–water partition coefficient (Wildman–Crippen LogP) is 2.24. The summed E-state index contributed by atoms with van der Waals surface area (Å²) in [6.07, 6.45) is -1.65. The normalized spacial score (nSPS) is 40.1. The molecular formula is C28H34O8. The molecule has 3 N–H and O–H groups in total. The van der Waals surface area contributed by atoms with Gasteiger partial charge in [-0.2, -0.15) is 0 Å². The zero-order valence-corrected chi connectivity index (χ0v) is 21.9. The van der Waals surface area contributed by atoms with Crippen molar-refractivity contribution in [3.8, 4) is 5.75 Å². The number of phenols is 1. The fraction of sp³-hybridized carbons (Fsp3) is 0.607. The van der Waals surface area contributed by atoms with Gasteiger partial charge in [0.2, 0.25) is 0 Å². The van der Waals surface area contributed by atoms with Gasteiger partial charge in [0.05, 0.1) is 17.6 Å². The van der Waals surface area contributed by atoms with Gasteiger partial charge in [-0.15, -0.1) is 0 Å². The van der Waals surface area contributed by atoms with Gasteiger partial charge in [0.15, 0.2) is 28.7 Å². The molecule has 0 aromatic heterocycles. The molecule has 0 bridgehead atoms. The fourth-order valence-electron chi connectivity index (χ4n) is 7.90. The van der Waals surface area contributed by atoms with Crippen molar-refractivity contribution in [1.29, 1.82) is 0 Å². The van der Waals surface area contributed by atoms with Crippen LogP contribution in [0.25, 0.3) is 0 Å². The van der Waals surface area contributed by atoms with E-state index in [1.54, 1.807) is 47.6 Å². The number of aliphatic hydroxyl groups excluding tert-OH is 1. The van der Waals surface area contributed by atoms with Gasteiger partial charge >= 0.3 is 0 Å². The molecule has 2 saturated carbocycles. The minimum atomic E-state index is -2.95. The quantitative estimate of drug-likeness (QED) is 0.526. The summed E-state index contributed by atoms with van der Waals surface area (Å²) in [4.78, 5) is 67.8. The van der Waals surface area contributed by atoms with E-state index in [4.69, 9.17) is 0 Å². The highest BCUT2D eigenvalue weighted by Crippen LogP contribution is 2.66. The Morgan fingerprint density at radius 3 is 2.08 bits per heavy atom. The van der Waals surface area contributed by atoms with Crippen molar-refractivity contribution in [1.82, 2.24) is 0 Å². The van der Waals surface area contributed by atoms with Gasteiger partial charge in [-0.1, -0.05) is 40.7 Å². The van der Waals surface area contributed by atoms with Crippen molar-refractivity contribution >= 4 is 28.9 Å². The van der Waals surface area contributed by atoms with Crippen molar-refractivity contribution in [3.63, 3.8) is 0 Å². The molecule has 0 saturated heterocycles. The third kappa shape index (κ3) is 2.64. The van der Waals surface area contributed by atoms with Crippen LogP contribution in [0.4, 0.5) is 0 Å². The molecule has 8 heteroatoms. The number of carbonyl (C=O) groups excluding carboxylic acids is 5. The Morgan fingerprint density at radius 2 is 1.58 bits per heavy atom. The number of fused-ring (bicyclic) bond motifs is 3. The topological polar surface area (TPSA) is 146 Å². The summed E-state index contributed by atoms with van der Waals surface area (Å²) in [6, 6.07) is 1.72. The second-order valence-corrected chi connectivity index (χ2v) is 11.8. The summed E-state index contributed by atoms with van der Waals surface area (Å²) in [5, 5.41) is 34.9. The Hall–Kier alpha value is -2.71. The van der Waals surface area contributed by atoms with Crippen LogP contribution in [-0.4, -0.2) is 55.9 Å². The molecule has 0 amide bonds. The van der Waals surface area contributed by atoms with E-state index in [9.17, 15) is 39.3 Å². The Labute approximate surface area is 210 Å². The summed E-state index contributed by atoms with van der Waals surface area (Å²) in [6.45, 7) is 12.4. The molecule has 3 unspecified atom stereocenters. The van der Waals surface area contributed by atoms with E-state index in [0.29, 0.717) is 16.7 Å². The first-order chi connectivity index (χ1) is 16.4. The maximum absolute atomic E-state index is 14.3. The van der Waals surface area contributed by atoms with Crippen molar-refractivity contribution in [3.05, 3.63) is 28.3 Å². The summed E-state index contributed by atoms with van der Waals surface area (Å²) in [5.74, 6) is -11.0. The minimum absolute atomic E-state index is 0.0573. The van der Waals surface area contributed by atoms with Gasteiger partial charge in [-0.25, -0.2) is 0 Å². The molecule has 3 aliphatic rings. The number of carbonyl (C=O) groups is 5. The number of Topliss-reactive ketones (excluding diaryl/α,β-unsaturated/α-hetero) is 5. The molecule has 8 atom stereocenters. The summed E-state index contributed by atoms with van der Waals surface area (Å²) < 4.78 is 0. The number of phenolic OH excluding ortho intramolecular Hbond substituents is 1. The van der Waals surface area contributed by atoms with Crippen LogP contribution in [0.2, 0.25) is 0 Å². The molecule has 36 heavy (non-hydrogen) atoms. The minimum Gasteiger partial charge on any atom is -0.507 e. The smallest absolute Gasteiger partial charge is 0.191 e. The number of ketones is 5. The summed E-state index contributed by atoms with van der Waals surface area (Å²) >= 11 is 0. The van der Waals surface area contributed by atoms with Gasteiger partial charge in [-0.3, -0.25) is 24.0 Å². The average Bonchev–Trinajstić information content (AvgIpc) is 2.76. The molecule has 1 aromatic rings. The monoisotopic (exact) mass is 498 g/mol. The maximum atomic E-state index is 14.3. The number of rotatable bonds is 2. The van der Waals surface area contributed by atoms with E-state index in [1.807, 2.05) is 0 Å². The van der Waals surface area contributed by atoms with Crippen LogP contribution in [0.5, 0.6) is 5.75 Å². The number of hydrogen-bond acceptors (Lipinski definition) is 8. The molecular weight excluding hydrogens is 464 g/mol. The van der Waals surface area contributed by atoms with E-state index in [0.717, 1.165) is 6.92 Å². The number of aryl methyl sites for hydroxylation is 2. The number of aliphatic hydroxyl groups is 2. The lowest BCUT2D eigenvalue weighted by Crippen LogP contribution is -2.82. The van der Waals surface area contributed by atoms with E-state index < -0.39 is 81.0 Å². The zero-order valence-electron chi connectivity index (χ0n) is 21.9. The third-order valence-corrected chi connectivity index (χ3v) is 9.72. The highest BCUT2D eigenvalue weighted by Gasteiger charge is 2.80. The van der Waals surface area contributed by atoms with Crippen LogP contribution in [0.15, 0.2) is 6.07 Å².